The summed E-state index contributed by atoms with van der Waals surface area (Å²) in [6.07, 6.45) is 1.12. The van der Waals surface area contributed by atoms with Gasteiger partial charge in [0.1, 0.15) is 6.10 Å². The molecule has 1 aromatic rings. The number of esters is 1. The van der Waals surface area contributed by atoms with Crippen molar-refractivity contribution in [1.82, 2.24) is 9.78 Å². The molecule has 0 saturated carbocycles. The van der Waals surface area contributed by atoms with E-state index in [-0.39, 0.29) is 11.8 Å². The molecule has 1 heterocycles. The first kappa shape index (κ1) is 12.5. The molecule has 1 rings (SSSR count). The fourth-order valence-electron chi connectivity index (χ4n) is 1.26. The summed E-state index contributed by atoms with van der Waals surface area (Å²) in [7, 11) is 1.64. The molecule has 0 radical (unpaired) electrons. The number of anilines is 1. The second-order valence-electron chi connectivity index (χ2n) is 3.45. The Balaban J connectivity index is 2.59. The Morgan fingerprint density at radius 1 is 1.69 bits per heavy atom. The van der Waals surface area contributed by atoms with Gasteiger partial charge in [0.2, 0.25) is 0 Å². The predicted octanol–water partition coefficient (Wildman–Crippen LogP) is 0.584. The summed E-state index contributed by atoms with van der Waals surface area (Å²) < 4.78 is 11.7. The Morgan fingerprint density at radius 2 is 2.38 bits per heavy atom. The highest BCUT2D eigenvalue weighted by atomic mass is 16.6. The largest absolute Gasteiger partial charge is 0.455 e. The first-order valence-corrected chi connectivity index (χ1v) is 5.12. The van der Waals surface area contributed by atoms with Gasteiger partial charge in [0.25, 0.3) is 0 Å². The average molecular weight is 227 g/mol. The molecule has 6 heteroatoms. The van der Waals surface area contributed by atoms with Crippen LogP contribution in [0, 0.1) is 0 Å². The molecule has 0 saturated heterocycles. The molecule has 0 bridgehead atoms. The molecule has 1 unspecified atom stereocenters. The maximum Gasteiger partial charge on any atom is 0.359 e. The molecule has 0 amide bonds. The predicted molar refractivity (Wildman–Crippen MR) is 59.0 cm³/mol. The van der Waals surface area contributed by atoms with E-state index in [0.717, 1.165) is 0 Å². The van der Waals surface area contributed by atoms with Gasteiger partial charge >= 0.3 is 5.97 Å². The molecule has 0 spiro atoms. The number of carbonyl (C=O) groups is 1. The van der Waals surface area contributed by atoms with Gasteiger partial charge in [-0.2, -0.15) is 5.10 Å². The number of nitrogens with two attached hydrogens (primary N) is 1. The number of rotatable bonds is 5. The van der Waals surface area contributed by atoms with Crippen molar-refractivity contribution in [3.8, 4) is 0 Å². The SMILES string of the molecule is CCOCC(C)OC(=O)c1c(N)cnn1C. The molecule has 90 valence electrons. The third-order valence-corrected chi connectivity index (χ3v) is 2.03. The van der Waals surface area contributed by atoms with E-state index in [1.54, 1.807) is 14.0 Å². The summed E-state index contributed by atoms with van der Waals surface area (Å²) in [6, 6.07) is 0. The summed E-state index contributed by atoms with van der Waals surface area (Å²) >= 11 is 0. The molecule has 16 heavy (non-hydrogen) atoms. The first-order chi connectivity index (χ1) is 7.56. The lowest BCUT2D eigenvalue weighted by Crippen LogP contribution is -2.22. The molecule has 0 aliphatic carbocycles. The van der Waals surface area contributed by atoms with Crippen LogP contribution in [0.1, 0.15) is 24.3 Å². The number of aryl methyl sites for hydroxylation is 1. The van der Waals surface area contributed by atoms with Crippen molar-refractivity contribution in [3.63, 3.8) is 0 Å². The lowest BCUT2D eigenvalue weighted by atomic mass is 10.3. The number of ether oxygens (including phenoxy) is 2. The second-order valence-corrected chi connectivity index (χ2v) is 3.45. The van der Waals surface area contributed by atoms with Gasteiger partial charge in [-0.3, -0.25) is 4.68 Å². The summed E-state index contributed by atoms with van der Waals surface area (Å²) in [4.78, 5) is 11.7. The lowest BCUT2D eigenvalue weighted by molar-refractivity contribution is 0.00355. The Morgan fingerprint density at radius 3 is 2.88 bits per heavy atom. The maximum atomic E-state index is 11.7. The topological polar surface area (TPSA) is 79.4 Å². The summed E-state index contributed by atoms with van der Waals surface area (Å²) in [5, 5.41) is 3.87. The number of carbonyl (C=O) groups excluding carboxylic acids is 1. The van der Waals surface area contributed by atoms with Gasteiger partial charge in [-0.15, -0.1) is 0 Å². The highest BCUT2D eigenvalue weighted by Crippen LogP contribution is 2.11. The molecule has 0 aromatic carbocycles. The van der Waals surface area contributed by atoms with E-state index < -0.39 is 5.97 Å². The highest BCUT2D eigenvalue weighted by molar-refractivity contribution is 5.93. The Labute approximate surface area is 94.3 Å². The minimum absolute atomic E-state index is 0.267. The molecular weight excluding hydrogens is 210 g/mol. The van der Waals surface area contributed by atoms with Gasteiger partial charge in [0, 0.05) is 13.7 Å². The third kappa shape index (κ3) is 2.96. The van der Waals surface area contributed by atoms with Gasteiger partial charge in [-0.25, -0.2) is 4.79 Å². The van der Waals surface area contributed by atoms with Crippen molar-refractivity contribution in [2.75, 3.05) is 18.9 Å². The molecule has 2 N–H and O–H groups in total. The maximum absolute atomic E-state index is 11.7. The van der Waals surface area contributed by atoms with Crippen LogP contribution >= 0.6 is 0 Å². The van der Waals surface area contributed by atoms with Crippen LogP contribution in [0.25, 0.3) is 0 Å². The van der Waals surface area contributed by atoms with E-state index in [9.17, 15) is 4.79 Å². The highest BCUT2D eigenvalue weighted by Gasteiger charge is 2.18. The number of nitrogens with zero attached hydrogens (tertiary/aromatic N) is 2. The van der Waals surface area contributed by atoms with Crippen LogP contribution in [0.2, 0.25) is 0 Å². The normalized spacial score (nSPS) is 12.4. The quantitative estimate of drug-likeness (QED) is 0.744. The van der Waals surface area contributed by atoms with Crippen molar-refractivity contribution in [1.29, 1.82) is 0 Å². The monoisotopic (exact) mass is 227 g/mol. The lowest BCUT2D eigenvalue weighted by Gasteiger charge is -2.13. The van der Waals surface area contributed by atoms with E-state index in [4.69, 9.17) is 15.2 Å². The molecule has 6 nitrogen and oxygen atoms in total. The number of hydrogen-bond acceptors (Lipinski definition) is 5. The molecule has 0 aliphatic heterocycles. The molecule has 0 fully saturated rings. The zero-order valence-electron chi connectivity index (χ0n) is 9.77. The van der Waals surface area contributed by atoms with Crippen LogP contribution in [-0.4, -0.2) is 35.1 Å². The fraction of sp³-hybridized carbons (Fsp3) is 0.600. The van der Waals surface area contributed by atoms with E-state index in [1.165, 1.54) is 10.9 Å². The Bertz CT molecular complexity index is 343. The Kier molecular flexibility index (Phi) is 4.30. The van der Waals surface area contributed by atoms with Gasteiger partial charge in [0.15, 0.2) is 5.69 Å². The van der Waals surface area contributed by atoms with Crippen molar-refractivity contribution in [2.45, 2.75) is 20.0 Å². The van der Waals surface area contributed by atoms with E-state index in [1.807, 2.05) is 6.92 Å². The fourth-order valence-corrected chi connectivity index (χ4v) is 1.26. The van der Waals surface area contributed by atoms with Crippen molar-refractivity contribution < 1.29 is 14.3 Å². The smallest absolute Gasteiger partial charge is 0.359 e. The van der Waals surface area contributed by atoms with E-state index >= 15 is 0 Å². The average Bonchev–Trinajstić information content (AvgIpc) is 2.55. The van der Waals surface area contributed by atoms with Crippen LogP contribution in [0.3, 0.4) is 0 Å². The zero-order chi connectivity index (χ0) is 12.1. The van der Waals surface area contributed by atoms with Gasteiger partial charge in [-0.1, -0.05) is 0 Å². The number of aromatic nitrogens is 2. The van der Waals surface area contributed by atoms with Crippen LogP contribution in [0.5, 0.6) is 0 Å². The van der Waals surface area contributed by atoms with Crippen molar-refractivity contribution >= 4 is 11.7 Å². The number of nitrogen functional groups attached to an aromatic ring is 1. The zero-order valence-corrected chi connectivity index (χ0v) is 9.77. The van der Waals surface area contributed by atoms with Gasteiger partial charge in [-0.05, 0) is 13.8 Å². The summed E-state index contributed by atoms with van der Waals surface area (Å²) in [5.74, 6) is -0.482. The van der Waals surface area contributed by atoms with Crippen LogP contribution < -0.4 is 5.73 Å². The molecule has 1 aromatic heterocycles. The first-order valence-electron chi connectivity index (χ1n) is 5.12. The van der Waals surface area contributed by atoms with Crippen molar-refractivity contribution in [3.05, 3.63) is 11.9 Å². The third-order valence-electron chi connectivity index (χ3n) is 2.03. The van der Waals surface area contributed by atoms with Crippen LogP contribution in [-0.2, 0) is 16.5 Å². The van der Waals surface area contributed by atoms with Gasteiger partial charge in [0.05, 0.1) is 18.5 Å². The molecular formula is C10H17N3O3. The minimum Gasteiger partial charge on any atom is -0.455 e. The van der Waals surface area contributed by atoms with Gasteiger partial charge < -0.3 is 15.2 Å². The minimum atomic E-state index is -0.482. The summed E-state index contributed by atoms with van der Waals surface area (Å²) in [6.45, 7) is 4.61. The van der Waals surface area contributed by atoms with E-state index in [0.29, 0.717) is 18.9 Å². The molecule has 1 atom stereocenters. The molecule has 0 aliphatic rings. The Hall–Kier alpha value is -1.56. The van der Waals surface area contributed by atoms with Crippen LogP contribution in [0.4, 0.5) is 5.69 Å². The summed E-state index contributed by atoms with van der Waals surface area (Å²) in [5.41, 5.74) is 6.19. The van der Waals surface area contributed by atoms with Crippen molar-refractivity contribution in [2.24, 2.45) is 7.05 Å². The van der Waals surface area contributed by atoms with E-state index in [2.05, 4.69) is 5.10 Å². The second kappa shape index (κ2) is 5.50. The van der Waals surface area contributed by atoms with Crippen LogP contribution in [0.15, 0.2) is 6.20 Å². The standard InChI is InChI=1S/C10H17N3O3/c1-4-15-6-7(2)16-10(14)9-8(11)5-12-13(9)3/h5,7H,4,6,11H2,1-3H3. The number of hydrogen-bond donors (Lipinski definition) is 1.